The minimum Gasteiger partial charge on any atom is -0.355 e. The molecule has 1 atom stereocenters. The van der Waals surface area contributed by atoms with Gasteiger partial charge in [-0.1, -0.05) is 49.3 Å². The highest BCUT2D eigenvalue weighted by molar-refractivity contribution is 8.00. The van der Waals surface area contributed by atoms with Crippen molar-refractivity contribution in [3.8, 4) is 5.69 Å². The molecule has 1 unspecified atom stereocenters. The van der Waals surface area contributed by atoms with E-state index in [2.05, 4.69) is 10.3 Å². The van der Waals surface area contributed by atoms with Gasteiger partial charge in [0.15, 0.2) is 5.16 Å². The second-order valence-electron chi connectivity index (χ2n) is 7.43. The summed E-state index contributed by atoms with van der Waals surface area (Å²) in [6, 6.07) is 12.7. The summed E-state index contributed by atoms with van der Waals surface area (Å²) in [7, 11) is 0. The first-order valence-electron chi connectivity index (χ1n) is 9.50. The molecule has 152 valence electrons. The Hall–Kier alpha value is -2.31. The van der Waals surface area contributed by atoms with Crippen LogP contribution in [0.15, 0.2) is 52.4 Å². The molecule has 0 aliphatic rings. The van der Waals surface area contributed by atoms with Crippen molar-refractivity contribution in [2.75, 3.05) is 6.54 Å². The van der Waals surface area contributed by atoms with Crippen LogP contribution in [-0.4, -0.2) is 27.3 Å². The van der Waals surface area contributed by atoms with E-state index in [1.807, 2.05) is 52.0 Å². The average molecular weight is 430 g/mol. The number of aromatic nitrogens is 2. The second-order valence-corrected chi connectivity index (χ2v) is 9.18. The second kappa shape index (κ2) is 9.01. The Kier molecular flexibility index (Phi) is 6.65. The number of hydrogen-bond acceptors (Lipinski definition) is 4. The van der Waals surface area contributed by atoms with E-state index < -0.39 is 5.25 Å². The fourth-order valence-electron chi connectivity index (χ4n) is 2.87. The molecule has 0 radical (unpaired) electrons. The summed E-state index contributed by atoms with van der Waals surface area (Å²) in [5, 5.41) is 3.98. The maximum atomic E-state index is 13.3. The van der Waals surface area contributed by atoms with Crippen molar-refractivity contribution in [3.63, 3.8) is 0 Å². The lowest BCUT2D eigenvalue weighted by Gasteiger charge is -2.17. The minimum absolute atomic E-state index is 0.0834. The molecular formula is C22H24ClN3O2S. The van der Waals surface area contributed by atoms with Crippen LogP contribution < -0.4 is 10.9 Å². The van der Waals surface area contributed by atoms with Gasteiger partial charge < -0.3 is 5.32 Å². The van der Waals surface area contributed by atoms with Crippen LogP contribution >= 0.6 is 23.4 Å². The van der Waals surface area contributed by atoms with Crippen molar-refractivity contribution in [2.45, 2.75) is 38.1 Å². The number of benzene rings is 2. The Labute approximate surface area is 179 Å². The largest absolute Gasteiger partial charge is 0.355 e. The first-order valence-corrected chi connectivity index (χ1v) is 10.8. The Bertz CT molecular complexity index is 1110. The van der Waals surface area contributed by atoms with Gasteiger partial charge in [-0.3, -0.25) is 14.2 Å². The van der Waals surface area contributed by atoms with Crippen molar-refractivity contribution in [1.82, 2.24) is 14.9 Å². The van der Waals surface area contributed by atoms with Gasteiger partial charge in [-0.2, -0.15) is 0 Å². The normalized spacial score (nSPS) is 12.3. The lowest BCUT2D eigenvalue weighted by molar-refractivity contribution is -0.120. The lowest BCUT2D eigenvalue weighted by atomic mass is 10.2. The molecule has 3 rings (SSSR count). The third kappa shape index (κ3) is 5.00. The third-order valence-electron chi connectivity index (χ3n) is 4.40. The molecule has 7 heteroatoms. The molecule has 1 amide bonds. The van der Waals surface area contributed by atoms with Crippen LogP contribution in [0.1, 0.15) is 26.3 Å². The average Bonchev–Trinajstić information content (AvgIpc) is 2.65. The summed E-state index contributed by atoms with van der Waals surface area (Å²) in [5.41, 5.74) is 2.08. The molecule has 29 heavy (non-hydrogen) atoms. The first-order chi connectivity index (χ1) is 13.8. The molecule has 1 aromatic heterocycles. The molecule has 0 fully saturated rings. The van der Waals surface area contributed by atoms with Crippen LogP contribution in [-0.2, 0) is 4.79 Å². The summed E-state index contributed by atoms with van der Waals surface area (Å²) in [6.45, 7) is 8.48. The Balaban J connectivity index is 2.10. The van der Waals surface area contributed by atoms with Crippen LogP contribution in [0.3, 0.4) is 0 Å². The highest BCUT2D eigenvalue weighted by Gasteiger charge is 2.20. The van der Waals surface area contributed by atoms with Gasteiger partial charge in [0.1, 0.15) is 0 Å². The third-order valence-corrected chi connectivity index (χ3v) is 5.68. The van der Waals surface area contributed by atoms with Gasteiger partial charge in [-0.25, -0.2) is 4.98 Å². The van der Waals surface area contributed by atoms with Crippen molar-refractivity contribution in [2.24, 2.45) is 5.92 Å². The Morgan fingerprint density at radius 1 is 1.21 bits per heavy atom. The van der Waals surface area contributed by atoms with E-state index in [1.165, 1.54) is 11.8 Å². The monoisotopic (exact) mass is 429 g/mol. The number of amides is 1. The zero-order valence-electron chi connectivity index (χ0n) is 16.9. The van der Waals surface area contributed by atoms with Gasteiger partial charge >= 0.3 is 0 Å². The van der Waals surface area contributed by atoms with Crippen molar-refractivity contribution in [3.05, 3.63) is 63.4 Å². The fraction of sp³-hybridized carbons (Fsp3) is 0.318. The van der Waals surface area contributed by atoms with Crippen LogP contribution in [0.25, 0.3) is 16.6 Å². The molecule has 5 nitrogen and oxygen atoms in total. The van der Waals surface area contributed by atoms with Gasteiger partial charge in [-0.05, 0) is 55.7 Å². The number of thioether (sulfide) groups is 1. The van der Waals surface area contributed by atoms with E-state index in [9.17, 15) is 9.59 Å². The molecule has 0 aliphatic carbocycles. The maximum absolute atomic E-state index is 13.3. The highest BCUT2D eigenvalue weighted by Crippen LogP contribution is 2.26. The smallest absolute Gasteiger partial charge is 0.266 e. The van der Waals surface area contributed by atoms with Crippen LogP contribution in [0.4, 0.5) is 0 Å². The van der Waals surface area contributed by atoms with E-state index in [4.69, 9.17) is 11.6 Å². The number of nitrogens with zero attached hydrogens (tertiary/aromatic N) is 2. The predicted molar refractivity (Wildman–Crippen MR) is 120 cm³/mol. The zero-order valence-corrected chi connectivity index (χ0v) is 18.5. The molecular weight excluding hydrogens is 406 g/mol. The van der Waals surface area contributed by atoms with Gasteiger partial charge in [-0.15, -0.1) is 0 Å². The standard InChI is InChI=1S/C22H24ClN3O2S/c1-13(2)12-24-20(27)15(4)29-22-25-19-11-16(23)8-9-18(19)21(28)26(22)17-7-5-6-14(3)10-17/h5-11,13,15H,12H2,1-4H3,(H,24,27). The van der Waals surface area contributed by atoms with Crippen LogP contribution in [0, 0.1) is 12.8 Å². The van der Waals surface area contributed by atoms with Gasteiger partial charge in [0, 0.05) is 11.6 Å². The fourth-order valence-corrected chi connectivity index (χ4v) is 3.99. The number of halogens is 1. The molecule has 0 saturated carbocycles. The molecule has 0 saturated heterocycles. The zero-order chi connectivity index (χ0) is 21.1. The van der Waals surface area contributed by atoms with Crippen molar-refractivity contribution < 1.29 is 4.79 Å². The minimum atomic E-state index is -0.409. The Morgan fingerprint density at radius 3 is 2.66 bits per heavy atom. The number of carbonyl (C=O) groups is 1. The first kappa shape index (κ1) is 21.4. The maximum Gasteiger partial charge on any atom is 0.266 e. The predicted octanol–water partition coefficient (Wildman–Crippen LogP) is 4.60. The number of nitrogens with one attached hydrogen (secondary N) is 1. The van der Waals surface area contributed by atoms with Crippen molar-refractivity contribution >= 4 is 40.2 Å². The van der Waals surface area contributed by atoms with Gasteiger partial charge in [0.25, 0.3) is 5.56 Å². The number of fused-ring (bicyclic) bond motifs is 1. The molecule has 1 N–H and O–H groups in total. The Morgan fingerprint density at radius 2 is 1.97 bits per heavy atom. The van der Waals surface area contributed by atoms with E-state index >= 15 is 0 Å². The van der Waals surface area contributed by atoms with Gasteiger partial charge in [0.2, 0.25) is 5.91 Å². The quantitative estimate of drug-likeness (QED) is 0.459. The molecule has 2 aromatic carbocycles. The number of hydrogen-bond donors (Lipinski definition) is 1. The van der Waals surface area contributed by atoms with E-state index in [0.29, 0.717) is 33.5 Å². The number of carbonyl (C=O) groups excluding carboxylic acids is 1. The number of aryl methyl sites for hydroxylation is 1. The van der Waals surface area contributed by atoms with Crippen LogP contribution in [0.2, 0.25) is 5.02 Å². The SMILES string of the molecule is Cc1cccc(-n2c(SC(C)C(=O)NCC(C)C)nc3cc(Cl)ccc3c2=O)c1. The molecule has 0 bridgehead atoms. The van der Waals surface area contributed by atoms with Gasteiger partial charge in [0.05, 0.1) is 21.8 Å². The molecule has 0 spiro atoms. The summed E-state index contributed by atoms with van der Waals surface area (Å²) in [5.74, 6) is 0.280. The molecule has 1 heterocycles. The van der Waals surface area contributed by atoms with Crippen LogP contribution in [0.5, 0.6) is 0 Å². The lowest BCUT2D eigenvalue weighted by Crippen LogP contribution is -2.34. The van der Waals surface area contributed by atoms with E-state index in [1.54, 1.807) is 22.8 Å². The highest BCUT2D eigenvalue weighted by atomic mass is 35.5. The summed E-state index contributed by atoms with van der Waals surface area (Å²) < 4.78 is 1.57. The summed E-state index contributed by atoms with van der Waals surface area (Å²) in [6.07, 6.45) is 0. The van der Waals surface area contributed by atoms with Crippen molar-refractivity contribution in [1.29, 1.82) is 0 Å². The summed E-state index contributed by atoms with van der Waals surface area (Å²) >= 11 is 7.37. The summed E-state index contributed by atoms with van der Waals surface area (Å²) in [4.78, 5) is 30.5. The van der Waals surface area contributed by atoms with E-state index in [0.717, 1.165) is 11.3 Å². The number of rotatable bonds is 6. The van der Waals surface area contributed by atoms with E-state index in [-0.39, 0.29) is 11.5 Å². The topological polar surface area (TPSA) is 64.0 Å². The molecule has 3 aromatic rings. The molecule has 0 aliphatic heterocycles.